The Morgan fingerprint density at radius 2 is 1.18 bits per heavy atom. The van der Waals surface area contributed by atoms with Crippen molar-refractivity contribution in [1.82, 2.24) is 19.0 Å². The van der Waals surface area contributed by atoms with E-state index in [1.54, 1.807) is 31.9 Å². The standard InChI is InChI=1S/C24H33N3O3S2.C20H24ClN3S/c1-25(2)32(29,30)20-8-9-24-22(18-20)27(21-6-3-4-7-23(21)31-24)14-5-13-26-15-10-19(11-16-26)12-17-28;1-22-11-13-23(14-12-22)9-4-10-24-17-5-2-3-6-19(17)25-20-8-7-16(21)15-18(20)24/h3-4,6-9,18-19,28H,5,10-17H2,1-2H3;2-3,5-8,15H,4,9-14H2,1H3. The van der Waals surface area contributed by atoms with Gasteiger partial charge in [0.1, 0.15) is 0 Å². The molecule has 306 valence electrons. The maximum atomic E-state index is 12.7. The molecule has 13 heteroatoms. The Labute approximate surface area is 354 Å². The van der Waals surface area contributed by atoms with Gasteiger partial charge in [-0.1, -0.05) is 59.4 Å². The summed E-state index contributed by atoms with van der Waals surface area (Å²) < 4.78 is 26.8. The molecule has 0 bridgehead atoms. The van der Waals surface area contributed by atoms with E-state index in [0.717, 1.165) is 79.8 Å². The van der Waals surface area contributed by atoms with Crippen LogP contribution in [0, 0.1) is 5.92 Å². The number of nitrogens with zero attached hydrogens (tertiary/aromatic N) is 6. The minimum absolute atomic E-state index is 0.294. The number of aliphatic hydroxyl groups excluding tert-OH is 1. The van der Waals surface area contributed by atoms with Gasteiger partial charge in [0.25, 0.3) is 0 Å². The molecule has 2 fully saturated rings. The van der Waals surface area contributed by atoms with Crippen molar-refractivity contribution in [1.29, 1.82) is 0 Å². The summed E-state index contributed by atoms with van der Waals surface area (Å²) >= 11 is 9.83. The fraction of sp³-hybridized carbons (Fsp3) is 0.455. The van der Waals surface area contributed by atoms with Crippen molar-refractivity contribution < 1.29 is 13.5 Å². The summed E-state index contributed by atoms with van der Waals surface area (Å²) in [5.41, 5.74) is 4.67. The van der Waals surface area contributed by atoms with Crippen molar-refractivity contribution in [3.8, 4) is 0 Å². The molecule has 57 heavy (non-hydrogen) atoms. The predicted molar refractivity (Wildman–Crippen MR) is 238 cm³/mol. The molecule has 0 aromatic heterocycles. The third-order valence-electron chi connectivity index (χ3n) is 11.5. The average molecular weight is 850 g/mol. The summed E-state index contributed by atoms with van der Waals surface area (Å²) in [4.78, 5) is 17.5. The SMILES string of the molecule is CN(C)S(=O)(=O)c1ccc2c(c1)N(CCCN1CCC(CCO)CC1)c1ccccc1S2.CN1CCN(CCCN2c3ccccc3Sc3ccc(Cl)cc32)CC1. The van der Waals surface area contributed by atoms with E-state index >= 15 is 0 Å². The van der Waals surface area contributed by atoms with Gasteiger partial charge < -0.3 is 29.6 Å². The molecule has 0 unspecified atom stereocenters. The van der Waals surface area contributed by atoms with Gasteiger partial charge >= 0.3 is 0 Å². The van der Waals surface area contributed by atoms with Crippen LogP contribution >= 0.6 is 35.1 Å². The molecular weight excluding hydrogens is 792 g/mol. The second kappa shape index (κ2) is 19.5. The van der Waals surface area contributed by atoms with Gasteiger partial charge in [0, 0.05) is 84.6 Å². The third kappa shape index (κ3) is 10.3. The van der Waals surface area contributed by atoms with Crippen molar-refractivity contribution in [3.63, 3.8) is 0 Å². The van der Waals surface area contributed by atoms with E-state index in [9.17, 15) is 8.42 Å². The van der Waals surface area contributed by atoms with Gasteiger partial charge in [0.15, 0.2) is 0 Å². The van der Waals surface area contributed by atoms with Crippen molar-refractivity contribution in [3.05, 3.63) is 90.0 Å². The molecule has 4 heterocycles. The molecule has 4 aromatic rings. The quantitative estimate of drug-likeness (QED) is 0.150. The highest BCUT2D eigenvalue weighted by Crippen LogP contribution is 2.50. The van der Waals surface area contributed by atoms with Crippen LogP contribution in [0.25, 0.3) is 0 Å². The first kappa shape index (κ1) is 42.3. The molecule has 2 saturated heterocycles. The Morgan fingerprint density at radius 3 is 1.74 bits per heavy atom. The number of anilines is 4. The van der Waals surface area contributed by atoms with Crippen LogP contribution in [-0.2, 0) is 10.0 Å². The lowest BCUT2D eigenvalue weighted by Crippen LogP contribution is -2.45. The monoisotopic (exact) mass is 848 g/mol. The number of piperidine rings is 1. The van der Waals surface area contributed by atoms with E-state index in [0.29, 0.717) is 17.4 Å². The van der Waals surface area contributed by atoms with Crippen LogP contribution in [0.3, 0.4) is 0 Å². The van der Waals surface area contributed by atoms with Crippen LogP contribution in [0.4, 0.5) is 22.7 Å². The van der Waals surface area contributed by atoms with E-state index in [2.05, 4.69) is 86.1 Å². The van der Waals surface area contributed by atoms with Crippen molar-refractivity contribution in [2.24, 2.45) is 5.92 Å². The number of fused-ring (bicyclic) bond motifs is 4. The summed E-state index contributed by atoms with van der Waals surface area (Å²) in [6, 6.07) is 28.8. The number of rotatable bonds is 12. The number of hydrogen-bond acceptors (Lipinski definition) is 10. The Balaban J connectivity index is 0.000000179. The maximum Gasteiger partial charge on any atom is 0.242 e. The normalized spacial score (nSPS) is 17.7. The van der Waals surface area contributed by atoms with Crippen LogP contribution in [0.2, 0.25) is 5.02 Å². The lowest BCUT2D eigenvalue weighted by Gasteiger charge is -2.35. The molecule has 8 rings (SSSR count). The van der Waals surface area contributed by atoms with Crippen molar-refractivity contribution in [2.45, 2.75) is 56.6 Å². The number of likely N-dealkylation sites (N-methyl/N-ethyl adjacent to an activating group) is 1. The summed E-state index contributed by atoms with van der Waals surface area (Å²) in [5, 5.41) is 9.98. The number of hydrogen-bond donors (Lipinski definition) is 1. The van der Waals surface area contributed by atoms with E-state index < -0.39 is 10.0 Å². The number of likely N-dealkylation sites (tertiary alicyclic amines) is 1. The molecule has 0 amide bonds. The maximum absolute atomic E-state index is 12.7. The first-order valence-electron chi connectivity index (χ1n) is 20.3. The minimum atomic E-state index is -3.49. The first-order valence-corrected chi connectivity index (χ1v) is 23.7. The topological polar surface area (TPSA) is 73.8 Å². The number of para-hydroxylation sites is 2. The fourth-order valence-corrected chi connectivity index (χ4v) is 11.4. The molecule has 0 atom stereocenters. The van der Waals surface area contributed by atoms with E-state index in [4.69, 9.17) is 16.7 Å². The molecule has 0 aliphatic carbocycles. The molecular formula is C44H57ClN6O3S3. The van der Waals surface area contributed by atoms with Crippen LogP contribution in [-0.4, -0.2) is 126 Å². The van der Waals surface area contributed by atoms with Gasteiger partial charge in [-0.15, -0.1) is 0 Å². The molecule has 0 saturated carbocycles. The van der Waals surface area contributed by atoms with Gasteiger partial charge in [0.05, 0.1) is 27.6 Å². The second-order valence-corrected chi connectivity index (χ2v) is 20.4. The van der Waals surface area contributed by atoms with Gasteiger partial charge in [-0.25, -0.2) is 12.7 Å². The highest BCUT2D eigenvalue weighted by Gasteiger charge is 2.28. The number of piperazine rings is 1. The first-order chi connectivity index (χ1) is 27.6. The molecule has 0 radical (unpaired) electrons. The lowest BCUT2D eigenvalue weighted by molar-refractivity contribution is 0.153. The van der Waals surface area contributed by atoms with Crippen LogP contribution in [0.1, 0.15) is 32.1 Å². The van der Waals surface area contributed by atoms with Gasteiger partial charge in [0.2, 0.25) is 10.0 Å². The van der Waals surface area contributed by atoms with Crippen molar-refractivity contribution in [2.75, 3.05) is 103 Å². The molecule has 4 aliphatic heterocycles. The summed E-state index contributed by atoms with van der Waals surface area (Å²) in [7, 11) is 1.86. The Kier molecular flexibility index (Phi) is 14.5. The Morgan fingerprint density at radius 1 is 0.667 bits per heavy atom. The van der Waals surface area contributed by atoms with Crippen LogP contribution in [0.5, 0.6) is 0 Å². The smallest absolute Gasteiger partial charge is 0.242 e. The number of benzene rings is 4. The highest BCUT2D eigenvalue weighted by molar-refractivity contribution is 8.00. The zero-order valence-corrected chi connectivity index (χ0v) is 36.7. The Hall–Kier alpha value is -2.78. The molecule has 1 N–H and O–H groups in total. The zero-order chi connectivity index (χ0) is 39.9. The molecule has 4 aromatic carbocycles. The molecule has 9 nitrogen and oxygen atoms in total. The van der Waals surface area contributed by atoms with E-state index in [1.807, 2.05) is 36.0 Å². The zero-order valence-electron chi connectivity index (χ0n) is 33.5. The van der Waals surface area contributed by atoms with Gasteiger partial charge in [-0.3, -0.25) is 0 Å². The summed E-state index contributed by atoms with van der Waals surface area (Å²) in [5.74, 6) is 0.659. The molecule has 4 aliphatic rings. The van der Waals surface area contributed by atoms with Crippen LogP contribution in [0.15, 0.2) is 109 Å². The number of sulfonamides is 1. The Bertz CT molecular complexity index is 2070. The lowest BCUT2D eigenvalue weighted by atomic mass is 9.94. The molecule has 0 spiro atoms. The fourth-order valence-electron chi connectivity index (χ4n) is 8.12. The minimum Gasteiger partial charge on any atom is -0.396 e. The third-order valence-corrected chi connectivity index (χ3v) is 15.8. The summed E-state index contributed by atoms with van der Waals surface area (Å²) in [6.07, 6.45) is 5.42. The average Bonchev–Trinajstić information content (AvgIpc) is 3.22. The second-order valence-electron chi connectivity index (χ2n) is 15.6. The van der Waals surface area contributed by atoms with Gasteiger partial charge in [-0.2, -0.15) is 0 Å². The largest absolute Gasteiger partial charge is 0.396 e. The number of aliphatic hydroxyl groups is 1. The highest BCUT2D eigenvalue weighted by atomic mass is 35.5. The van der Waals surface area contributed by atoms with E-state index in [-0.39, 0.29) is 0 Å². The van der Waals surface area contributed by atoms with E-state index in [1.165, 1.54) is 69.4 Å². The number of halogens is 1. The predicted octanol–water partition coefficient (Wildman–Crippen LogP) is 8.60. The van der Waals surface area contributed by atoms with Crippen LogP contribution < -0.4 is 9.80 Å². The van der Waals surface area contributed by atoms with Crippen molar-refractivity contribution >= 4 is 67.9 Å². The summed E-state index contributed by atoms with van der Waals surface area (Å²) in [6.45, 7) is 11.3. The van der Waals surface area contributed by atoms with Gasteiger partial charge in [-0.05, 0) is 132 Å².